The summed E-state index contributed by atoms with van der Waals surface area (Å²) in [5.74, 6) is -10.4. The second-order valence-electron chi connectivity index (χ2n) is 24.6. The summed E-state index contributed by atoms with van der Waals surface area (Å²) in [4.78, 5) is 174. The average Bonchev–Trinajstić information content (AvgIpc) is 1.61. The van der Waals surface area contributed by atoms with Crippen molar-refractivity contribution >= 4 is 88.2 Å². The molecule has 103 heavy (non-hydrogen) atoms. The molecular formula is C70H70FN9O23. The Morgan fingerprint density at radius 1 is 0.699 bits per heavy atom. The zero-order valence-electron chi connectivity index (χ0n) is 56.2. The largest absolute Gasteiger partial charge is 0.467 e. The van der Waals surface area contributed by atoms with Crippen LogP contribution in [0.5, 0.6) is 5.75 Å². The molecule has 8 N–H and O–H groups in total. The lowest BCUT2D eigenvalue weighted by Crippen LogP contribution is -2.64. The monoisotopic (exact) mass is 1420 g/mol. The second-order valence-corrected chi connectivity index (χ2v) is 24.6. The van der Waals surface area contributed by atoms with Crippen molar-refractivity contribution in [3.8, 4) is 28.3 Å². The number of fused-ring (bicyclic) bond motifs is 8. The van der Waals surface area contributed by atoms with Gasteiger partial charge in [-0.25, -0.2) is 28.6 Å². The van der Waals surface area contributed by atoms with E-state index in [2.05, 4.69) is 37.2 Å². The normalized spacial score (nSPS) is 19.4. The maximum Gasteiger partial charge on any atom is 0.407 e. The Morgan fingerprint density at radius 3 is 1.90 bits per heavy atom. The molecule has 540 valence electrons. The first kappa shape index (κ1) is 72.4. The van der Waals surface area contributed by atoms with Crippen molar-refractivity contribution < 1.29 is 110 Å². The molecule has 11 rings (SSSR count). The van der Waals surface area contributed by atoms with Crippen LogP contribution in [0.1, 0.15) is 103 Å². The number of carbonyl (C=O) groups excluding carboxylic acids is 12. The summed E-state index contributed by atoms with van der Waals surface area (Å²) in [5.41, 5.74) is 4.13. The van der Waals surface area contributed by atoms with Gasteiger partial charge in [-0.05, 0) is 88.9 Å². The highest BCUT2D eigenvalue weighted by Crippen LogP contribution is 2.47. The van der Waals surface area contributed by atoms with E-state index < -0.39 is 165 Å². The number of esters is 5. The number of halogens is 1. The van der Waals surface area contributed by atoms with E-state index in [-0.39, 0.29) is 90.0 Å². The maximum absolute atomic E-state index is 15.7. The van der Waals surface area contributed by atoms with E-state index in [0.717, 1.165) is 50.1 Å². The highest BCUT2D eigenvalue weighted by molar-refractivity contribution is 5.97. The topological polar surface area (TPSA) is 427 Å². The Hall–Kier alpha value is -11.9. The van der Waals surface area contributed by atoms with E-state index >= 15 is 4.39 Å². The fraction of sp³-hybridized carbons (Fsp3) is 0.371. The van der Waals surface area contributed by atoms with Crippen LogP contribution in [-0.2, 0) is 118 Å². The molecule has 6 aromatic rings. The van der Waals surface area contributed by atoms with Crippen LogP contribution in [0.15, 0.2) is 83.7 Å². The number of rotatable bonds is 23. The van der Waals surface area contributed by atoms with Gasteiger partial charge in [0.25, 0.3) is 5.56 Å². The number of nitrogens with zero attached hydrogens (tertiary/aromatic N) is 2. The predicted octanol–water partition coefficient (Wildman–Crippen LogP) is 2.45. The van der Waals surface area contributed by atoms with Crippen molar-refractivity contribution in [1.82, 2.24) is 41.5 Å². The van der Waals surface area contributed by atoms with Crippen LogP contribution in [0.3, 0.4) is 0 Å². The molecule has 2 aliphatic carbocycles. The van der Waals surface area contributed by atoms with Crippen molar-refractivity contribution in [2.45, 2.75) is 122 Å². The summed E-state index contributed by atoms with van der Waals surface area (Å²) in [6.45, 7) is 1.87. The summed E-state index contributed by atoms with van der Waals surface area (Å²) >= 11 is 0. The summed E-state index contributed by atoms with van der Waals surface area (Å²) in [5, 5.41) is 29.0. The number of amides is 7. The smallest absolute Gasteiger partial charge is 0.407 e. The molecule has 33 heteroatoms. The van der Waals surface area contributed by atoms with Gasteiger partial charge in [0.2, 0.25) is 41.9 Å². The van der Waals surface area contributed by atoms with Crippen LogP contribution in [0.2, 0.25) is 0 Å². The van der Waals surface area contributed by atoms with Gasteiger partial charge in [-0.3, -0.25) is 43.2 Å². The van der Waals surface area contributed by atoms with Crippen LogP contribution in [0.25, 0.3) is 33.4 Å². The average molecular weight is 1420 g/mol. The lowest BCUT2D eigenvalue weighted by atomic mass is 9.81. The number of cyclic esters (lactones) is 1. The predicted molar refractivity (Wildman–Crippen MR) is 352 cm³/mol. The molecule has 1 fully saturated rings. The Kier molecular flexibility index (Phi) is 21.5. The molecule has 0 bridgehead atoms. The zero-order chi connectivity index (χ0) is 73.7. The molecule has 0 unspecified atom stereocenters. The van der Waals surface area contributed by atoms with E-state index in [4.69, 9.17) is 47.6 Å². The Labute approximate surface area is 584 Å². The number of carbonyl (C=O) groups is 12. The van der Waals surface area contributed by atoms with E-state index in [9.17, 15) is 67.4 Å². The number of anilines is 1. The lowest BCUT2D eigenvalue weighted by molar-refractivity contribution is -0.282. The standard InChI is InChI=1S/C70H70FN9O23/c1-7-70(94)45-21-50-59-42(28-80(50)64(89)44(45)31-96-67(70)91)58-47(18-17-37-32(2)46(71)22-49(78-59)57(37)58)79-69(93)97-29-36-16-19-51(102-66-63(101-35(5)83)61(100-34(4)82)60(99-33(3)81)62(103-66)65(90)95-6)48(20-36)77-56(88)27-75-54(86)25-73-52(84)23-72-53(85)24-74-55(87)26-76-68(92)98-30-43-40-14-10-8-12-38(40)39-13-9-11-15-41(39)43/h8-16,19-22,43,47,60-63,66,94H,7,17-18,23-31H2,1-6H3,(H,72,85)(H,73,84)(H,74,87)(H,75,86)(H,76,92)(H,77,88)(H,79,93)/t47-,60-,61-,62-,63+,66+,70-/m0/s1. The number of benzene rings is 4. The highest BCUT2D eigenvalue weighted by Gasteiger charge is 2.56. The highest BCUT2D eigenvalue weighted by atomic mass is 19.1. The van der Waals surface area contributed by atoms with Crippen molar-refractivity contribution in [2.75, 3.05) is 51.8 Å². The number of methoxy groups -OCH3 is 1. The van der Waals surface area contributed by atoms with E-state index in [1.54, 1.807) is 13.8 Å². The number of aromatic nitrogens is 2. The third-order valence-electron chi connectivity index (χ3n) is 18.0. The molecule has 2 aromatic heterocycles. The number of ether oxygens (including phenoxy) is 9. The third kappa shape index (κ3) is 15.4. The van der Waals surface area contributed by atoms with E-state index in [1.165, 1.54) is 34.9 Å². The van der Waals surface area contributed by atoms with Crippen LogP contribution < -0.4 is 47.5 Å². The first-order valence-electron chi connectivity index (χ1n) is 32.5. The number of hydrogen-bond donors (Lipinski definition) is 8. The summed E-state index contributed by atoms with van der Waals surface area (Å²) in [6, 6.07) is 21.3. The van der Waals surface area contributed by atoms with Gasteiger partial charge >= 0.3 is 42.0 Å². The molecule has 1 saturated heterocycles. The molecule has 7 amide bonds. The zero-order valence-corrected chi connectivity index (χ0v) is 56.2. The van der Waals surface area contributed by atoms with Gasteiger partial charge in [-0.1, -0.05) is 61.5 Å². The molecular weight excluding hydrogens is 1350 g/mol. The first-order valence-corrected chi connectivity index (χ1v) is 32.5. The second kappa shape index (κ2) is 30.5. The van der Waals surface area contributed by atoms with Crippen molar-refractivity contribution in [2.24, 2.45) is 0 Å². The summed E-state index contributed by atoms with van der Waals surface area (Å²) in [7, 11) is 0.976. The first-order chi connectivity index (χ1) is 49.2. The van der Waals surface area contributed by atoms with Gasteiger partial charge in [0.15, 0.2) is 23.9 Å². The molecule has 0 saturated carbocycles. The van der Waals surface area contributed by atoms with Gasteiger partial charge in [-0.15, -0.1) is 0 Å². The Balaban J connectivity index is 0.740. The summed E-state index contributed by atoms with van der Waals surface area (Å²) < 4.78 is 67.0. The molecule has 3 aliphatic heterocycles. The molecule has 5 heterocycles. The van der Waals surface area contributed by atoms with E-state index in [1.807, 2.05) is 48.5 Å². The fourth-order valence-corrected chi connectivity index (χ4v) is 13.2. The maximum atomic E-state index is 15.7. The van der Waals surface area contributed by atoms with Gasteiger partial charge < -0.3 is 89.5 Å². The van der Waals surface area contributed by atoms with Crippen LogP contribution in [0.4, 0.5) is 19.7 Å². The molecule has 7 atom stereocenters. The van der Waals surface area contributed by atoms with Crippen LogP contribution >= 0.6 is 0 Å². The minimum Gasteiger partial charge on any atom is -0.467 e. The number of nitrogens with one attached hydrogen (secondary N) is 7. The Morgan fingerprint density at radius 2 is 1.29 bits per heavy atom. The summed E-state index contributed by atoms with van der Waals surface area (Å²) in [6.07, 6.45) is -10.7. The third-order valence-corrected chi connectivity index (χ3v) is 18.0. The number of aliphatic hydroxyl groups is 1. The lowest BCUT2D eigenvalue weighted by Gasteiger charge is -2.43. The molecule has 32 nitrogen and oxygen atoms in total. The van der Waals surface area contributed by atoms with Gasteiger partial charge in [-0.2, -0.15) is 0 Å². The van der Waals surface area contributed by atoms with E-state index in [0.29, 0.717) is 27.6 Å². The van der Waals surface area contributed by atoms with Gasteiger partial charge in [0, 0.05) is 49.3 Å². The molecule has 5 aliphatic rings. The number of aryl methyl sites for hydroxylation is 1. The number of hydrogen-bond acceptors (Lipinski definition) is 24. The van der Waals surface area contributed by atoms with Gasteiger partial charge in [0.05, 0.1) is 74.0 Å². The van der Waals surface area contributed by atoms with Crippen molar-refractivity contribution in [3.63, 3.8) is 0 Å². The number of alkyl carbamates (subject to hydrolysis) is 2. The van der Waals surface area contributed by atoms with Crippen LogP contribution in [0, 0.1) is 12.7 Å². The molecule has 0 radical (unpaired) electrons. The minimum atomic E-state index is -2.14. The molecule has 4 aromatic carbocycles. The van der Waals surface area contributed by atoms with Gasteiger partial charge in [0.1, 0.15) is 37.9 Å². The quantitative estimate of drug-likeness (QED) is 0.0337. The minimum absolute atomic E-state index is 0.00617. The SMILES string of the molecule is CC[C@@]1(O)C(=O)OCc2c1cc1n(c2=O)Cc2c-1nc1cc(F)c(C)c3c1c2[C@@H](NC(=O)OCc1ccc(O[C@@H]2O[C@H](C(=O)OC)[C@@H](OC(C)=O)[C@H](OC(C)=O)[C@H]2OC(C)=O)c(NC(=O)CNC(=O)CNC(=O)CNC(=O)CNC(=O)CNC(=O)OCC2c4ccccc4-c4ccccc42)c1)CC3. The van der Waals surface area contributed by atoms with Crippen molar-refractivity contribution in [1.29, 1.82) is 0 Å². The molecule has 0 spiro atoms. The fourth-order valence-electron chi connectivity index (χ4n) is 13.2. The van der Waals surface area contributed by atoms with Crippen molar-refractivity contribution in [3.05, 3.63) is 145 Å². The number of pyridine rings is 2. The Bertz CT molecular complexity index is 4530. The van der Waals surface area contributed by atoms with Crippen LogP contribution in [-0.4, -0.2) is 163 Å².